The molecule has 3 aromatic rings. The largest absolute Gasteiger partial charge is 0.481 e. The maximum atomic E-state index is 13.3. The minimum atomic E-state index is -3.82. The van der Waals surface area contributed by atoms with E-state index in [1.165, 1.54) is 16.9 Å². The molecule has 0 bridgehead atoms. The second-order valence-corrected chi connectivity index (χ2v) is 13.1. The number of β-amino-alcohol motifs (C(OH)–C–C–N with tert-alkyl or cyclic N) is 1. The van der Waals surface area contributed by atoms with Crippen molar-refractivity contribution in [3.05, 3.63) is 76.5 Å². The van der Waals surface area contributed by atoms with Gasteiger partial charge in [-0.1, -0.05) is 36.4 Å². The van der Waals surface area contributed by atoms with E-state index in [1.54, 1.807) is 29.5 Å². The lowest BCUT2D eigenvalue weighted by Crippen LogP contribution is -2.46. The summed E-state index contributed by atoms with van der Waals surface area (Å²) in [7, 11) is -2.34. The SMILES string of the molecule is CN(CC(O)CNC(C)(C)CCCc1ccsc1)S(=O)(=O)c1cccc(-c2cccc(CCC(=O)O)c2)c1. The van der Waals surface area contributed by atoms with Gasteiger partial charge in [-0.05, 0) is 90.7 Å². The van der Waals surface area contributed by atoms with E-state index >= 15 is 0 Å². The molecule has 1 aromatic heterocycles. The fourth-order valence-electron chi connectivity index (χ4n) is 4.29. The average molecular weight is 559 g/mol. The molecule has 1 heterocycles. The fraction of sp³-hybridized carbons (Fsp3) is 0.414. The van der Waals surface area contributed by atoms with E-state index in [0.717, 1.165) is 36.0 Å². The quantitative estimate of drug-likeness (QED) is 0.247. The molecule has 0 radical (unpaired) electrons. The van der Waals surface area contributed by atoms with Crippen molar-refractivity contribution >= 4 is 27.3 Å². The Morgan fingerprint density at radius 2 is 1.76 bits per heavy atom. The number of nitrogens with zero attached hydrogens (tertiary/aromatic N) is 1. The number of thiophene rings is 1. The number of aryl methyl sites for hydroxylation is 2. The number of aliphatic hydroxyl groups is 1. The third-order valence-corrected chi connectivity index (χ3v) is 9.11. The number of hydrogen-bond donors (Lipinski definition) is 3. The van der Waals surface area contributed by atoms with E-state index in [0.29, 0.717) is 6.42 Å². The first kappa shape index (κ1) is 30.0. The lowest BCUT2D eigenvalue weighted by atomic mass is 9.96. The van der Waals surface area contributed by atoms with Gasteiger partial charge in [0.05, 0.1) is 11.0 Å². The monoisotopic (exact) mass is 558 g/mol. The van der Waals surface area contributed by atoms with Crippen LogP contribution >= 0.6 is 11.3 Å². The molecule has 0 saturated heterocycles. The van der Waals surface area contributed by atoms with E-state index < -0.39 is 22.1 Å². The molecular weight excluding hydrogens is 520 g/mol. The number of carbonyl (C=O) groups is 1. The molecule has 1 unspecified atom stereocenters. The average Bonchev–Trinajstić information content (AvgIpc) is 3.40. The zero-order valence-electron chi connectivity index (χ0n) is 22.3. The molecule has 3 N–H and O–H groups in total. The van der Waals surface area contributed by atoms with Gasteiger partial charge in [-0.3, -0.25) is 4.79 Å². The van der Waals surface area contributed by atoms with Gasteiger partial charge in [0.2, 0.25) is 10.0 Å². The van der Waals surface area contributed by atoms with Crippen LogP contribution in [0.15, 0.2) is 70.3 Å². The van der Waals surface area contributed by atoms with Crippen molar-refractivity contribution in [3.63, 3.8) is 0 Å². The van der Waals surface area contributed by atoms with Gasteiger partial charge < -0.3 is 15.5 Å². The highest BCUT2D eigenvalue weighted by Crippen LogP contribution is 2.25. The molecule has 0 aliphatic heterocycles. The van der Waals surface area contributed by atoms with E-state index in [2.05, 4.69) is 36.0 Å². The molecule has 0 aliphatic rings. The topological polar surface area (TPSA) is 107 Å². The number of aliphatic carboxylic acids is 1. The molecule has 206 valence electrons. The zero-order chi connectivity index (χ0) is 27.8. The van der Waals surface area contributed by atoms with Crippen LogP contribution in [-0.2, 0) is 27.7 Å². The molecule has 38 heavy (non-hydrogen) atoms. The van der Waals surface area contributed by atoms with E-state index in [4.69, 9.17) is 5.11 Å². The predicted octanol–water partition coefficient (Wildman–Crippen LogP) is 4.80. The summed E-state index contributed by atoms with van der Waals surface area (Å²) in [4.78, 5) is 11.0. The minimum absolute atomic E-state index is 0.0325. The molecule has 0 amide bonds. The van der Waals surface area contributed by atoms with E-state index in [9.17, 15) is 18.3 Å². The number of nitrogens with one attached hydrogen (secondary N) is 1. The van der Waals surface area contributed by atoms with Gasteiger partial charge in [-0.15, -0.1) is 0 Å². The fourth-order valence-corrected chi connectivity index (χ4v) is 6.24. The van der Waals surface area contributed by atoms with Gasteiger partial charge in [-0.2, -0.15) is 15.6 Å². The minimum Gasteiger partial charge on any atom is -0.481 e. The van der Waals surface area contributed by atoms with Gasteiger partial charge in [0, 0.05) is 32.1 Å². The van der Waals surface area contributed by atoms with Crippen LogP contribution in [0.2, 0.25) is 0 Å². The molecule has 0 saturated carbocycles. The molecule has 9 heteroatoms. The van der Waals surface area contributed by atoms with Crippen LogP contribution in [0.1, 0.15) is 44.2 Å². The van der Waals surface area contributed by atoms with Gasteiger partial charge in [0.25, 0.3) is 0 Å². The molecular formula is C29H38N2O5S2. The Kier molecular flexibility index (Phi) is 10.6. The molecule has 0 fully saturated rings. The summed E-state index contributed by atoms with van der Waals surface area (Å²) >= 11 is 1.70. The highest BCUT2D eigenvalue weighted by molar-refractivity contribution is 7.89. The van der Waals surface area contributed by atoms with Gasteiger partial charge in [-0.25, -0.2) is 8.42 Å². The van der Waals surface area contributed by atoms with Crippen LogP contribution in [0, 0.1) is 0 Å². The van der Waals surface area contributed by atoms with E-state index in [-0.39, 0.29) is 29.9 Å². The molecule has 7 nitrogen and oxygen atoms in total. The van der Waals surface area contributed by atoms with Crippen molar-refractivity contribution in [2.45, 2.75) is 62.5 Å². The third kappa shape index (κ3) is 9.03. The number of sulfonamides is 1. The summed E-state index contributed by atoms with van der Waals surface area (Å²) in [5.41, 5.74) is 3.58. The normalized spacial score (nSPS) is 13.1. The predicted molar refractivity (Wildman–Crippen MR) is 153 cm³/mol. The van der Waals surface area contributed by atoms with Crippen LogP contribution in [-0.4, -0.2) is 60.7 Å². The number of aliphatic hydroxyl groups excluding tert-OH is 1. The summed E-state index contributed by atoms with van der Waals surface area (Å²) in [6, 6.07) is 16.3. The number of rotatable bonds is 15. The second kappa shape index (κ2) is 13.5. The highest BCUT2D eigenvalue weighted by Gasteiger charge is 2.25. The van der Waals surface area contributed by atoms with Gasteiger partial charge >= 0.3 is 5.97 Å². The first-order valence-corrected chi connectivity index (χ1v) is 15.2. The molecule has 1 atom stereocenters. The Labute approximate surface area is 230 Å². The zero-order valence-corrected chi connectivity index (χ0v) is 23.9. The lowest BCUT2D eigenvalue weighted by Gasteiger charge is -2.29. The van der Waals surface area contributed by atoms with Crippen molar-refractivity contribution in [2.75, 3.05) is 20.1 Å². The van der Waals surface area contributed by atoms with Crippen molar-refractivity contribution < 1.29 is 23.4 Å². The Hall–Kier alpha value is -2.56. The van der Waals surface area contributed by atoms with Crippen LogP contribution in [0.5, 0.6) is 0 Å². The Morgan fingerprint density at radius 1 is 1.05 bits per heavy atom. The Morgan fingerprint density at radius 3 is 2.45 bits per heavy atom. The number of carboxylic acids is 1. The second-order valence-electron chi connectivity index (χ2n) is 10.3. The van der Waals surface area contributed by atoms with Crippen LogP contribution in [0.3, 0.4) is 0 Å². The Balaban J connectivity index is 1.58. The van der Waals surface area contributed by atoms with Crippen molar-refractivity contribution in [1.29, 1.82) is 0 Å². The van der Waals surface area contributed by atoms with Crippen molar-refractivity contribution in [3.8, 4) is 11.1 Å². The molecule has 3 rings (SSSR count). The maximum Gasteiger partial charge on any atom is 0.303 e. The maximum absolute atomic E-state index is 13.3. The van der Waals surface area contributed by atoms with Gasteiger partial charge in [0.15, 0.2) is 0 Å². The number of hydrogen-bond acceptors (Lipinski definition) is 6. The van der Waals surface area contributed by atoms with Crippen molar-refractivity contribution in [2.24, 2.45) is 0 Å². The molecule has 2 aromatic carbocycles. The molecule has 0 aliphatic carbocycles. The first-order valence-electron chi connectivity index (χ1n) is 12.8. The van der Waals surface area contributed by atoms with E-state index in [1.807, 2.05) is 30.3 Å². The summed E-state index contributed by atoms with van der Waals surface area (Å²) in [6.07, 6.45) is 2.56. The van der Waals surface area contributed by atoms with Crippen LogP contribution < -0.4 is 5.32 Å². The highest BCUT2D eigenvalue weighted by atomic mass is 32.2. The third-order valence-electron chi connectivity index (χ3n) is 6.56. The summed E-state index contributed by atoms with van der Waals surface area (Å²) in [5.74, 6) is -0.860. The smallest absolute Gasteiger partial charge is 0.303 e. The van der Waals surface area contributed by atoms with Gasteiger partial charge in [0.1, 0.15) is 0 Å². The first-order chi connectivity index (χ1) is 18.0. The van der Waals surface area contributed by atoms with Crippen molar-refractivity contribution in [1.82, 2.24) is 9.62 Å². The molecule has 0 spiro atoms. The number of carboxylic acid groups (broad SMARTS) is 1. The lowest BCUT2D eigenvalue weighted by molar-refractivity contribution is -0.136. The summed E-state index contributed by atoms with van der Waals surface area (Å²) in [6.45, 7) is 4.44. The summed E-state index contributed by atoms with van der Waals surface area (Å²) in [5, 5.41) is 27.2. The van der Waals surface area contributed by atoms with Crippen LogP contribution in [0.4, 0.5) is 0 Å². The number of likely N-dealkylation sites (N-methyl/N-ethyl adjacent to an activating group) is 1. The Bertz CT molecular complexity index is 1290. The van der Waals surface area contributed by atoms with Crippen LogP contribution in [0.25, 0.3) is 11.1 Å². The standard InChI is InChI=1S/C29H38N2O5S2/c1-29(2,15-6-8-23-14-16-37-21-23)30-19-26(32)20-31(3)38(35,36)27-11-5-10-25(18-27)24-9-4-7-22(17-24)12-13-28(33)34/h4-5,7,9-11,14,16-18,21,26,30,32H,6,8,12-13,15,19-20H2,1-3H3,(H,33,34). The number of benzene rings is 2. The summed E-state index contributed by atoms with van der Waals surface area (Å²) < 4.78 is 27.7.